The topological polar surface area (TPSA) is 67.4 Å². The summed E-state index contributed by atoms with van der Waals surface area (Å²) in [6.07, 6.45) is -1.30. The Hall–Kier alpha value is -1.66. The fraction of sp³-hybridized carbons (Fsp3) is 0.176. The molecule has 9 heteroatoms. The fourth-order valence-electron chi connectivity index (χ4n) is 2.01. The van der Waals surface area contributed by atoms with Gasteiger partial charge in [-0.2, -0.15) is 0 Å². The van der Waals surface area contributed by atoms with E-state index in [1.807, 2.05) is 0 Å². The van der Waals surface area contributed by atoms with E-state index in [0.717, 1.165) is 0 Å². The van der Waals surface area contributed by atoms with Gasteiger partial charge in [-0.1, -0.05) is 64.6 Å². The number of anilines is 1. The van der Waals surface area contributed by atoms with E-state index in [1.165, 1.54) is 19.1 Å². The van der Waals surface area contributed by atoms with Gasteiger partial charge in [0.15, 0.2) is 0 Å². The van der Waals surface area contributed by atoms with E-state index in [9.17, 15) is 9.59 Å². The summed E-state index contributed by atoms with van der Waals surface area (Å²) in [5.74, 6) is -0.524. The number of alkyl halides is 3. The normalized spacial score (nSPS) is 12.2. The third kappa shape index (κ3) is 5.95. The van der Waals surface area contributed by atoms with Crippen LogP contribution in [0.5, 0.6) is 5.75 Å². The highest BCUT2D eigenvalue weighted by molar-refractivity contribution is 6.68. The first-order valence-corrected chi connectivity index (χ1v) is 8.84. The van der Waals surface area contributed by atoms with E-state index < -0.39 is 15.9 Å². The van der Waals surface area contributed by atoms with Crippen LogP contribution in [0.2, 0.25) is 5.02 Å². The number of hydrogen-bond donors (Lipinski definition) is 2. The van der Waals surface area contributed by atoms with Crippen molar-refractivity contribution in [1.82, 2.24) is 5.32 Å². The predicted molar refractivity (Wildman–Crippen MR) is 104 cm³/mol. The molecular weight excluding hydrogens is 422 g/mol. The molecule has 0 fully saturated rings. The number of ether oxygens (including phenoxy) is 1. The molecule has 0 aliphatic rings. The molecule has 1 unspecified atom stereocenters. The average molecular weight is 436 g/mol. The quantitative estimate of drug-likeness (QED) is 0.523. The summed E-state index contributed by atoms with van der Waals surface area (Å²) < 4.78 is 3.65. The molecule has 0 bridgehead atoms. The van der Waals surface area contributed by atoms with Crippen molar-refractivity contribution < 1.29 is 14.3 Å². The van der Waals surface area contributed by atoms with Crippen LogP contribution in [0.25, 0.3) is 0 Å². The van der Waals surface area contributed by atoms with Gasteiger partial charge in [0.2, 0.25) is 15.9 Å². The Balaban J connectivity index is 2.20. The van der Waals surface area contributed by atoms with E-state index in [2.05, 4.69) is 10.6 Å². The molecule has 0 spiro atoms. The molecule has 2 aromatic rings. The molecule has 1 atom stereocenters. The maximum Gasteiger partial charge on any atom is 0.255 e. The summed E-state index contributed by atoms with van der Waals surface area (Å²) in [7, 11) is 0. The molecule has 0 radical (unpaired) electrons. The van der Waals surface area contributed by atoms with Gasteiger partial charge in [0, 0.05) is 18.7 Å². The molecule has 5 nitrogen and oxygen atoms in total. The van der Waals surface area contributed by atoms with Crippen LogP contribution in [0, 0.1) is 0 Å². The summed E-state index contributed by atoms with van der Waals surface area (Å²) in [4.78, 5) is 23.6. The highest BCUT2D eigenvalue weighted by Gasteiger charge is 2.36. The number of rotatable bonds is 5. The van der Waals surface area contributed by atoms with Gasteiger partial charge in [-0.3, -0.25) is 9.59 Å². The Morgan fingerprint density at radius 1 is 1.08 bits per heavy atom. The lowest BCUT2D eigenvalue weighted by molar-refractivity contribution is -0.114. The standard InChI is InChI=1S/C17H14Cl4N2O3/c1-10(24)22-11-5-4-6-12(9-11)26-16(17(19,20)21)23-15(25)13-7-2-3-8-14(13)18/h2-9,16H,1H3,(H,22,24)(H,23,25). The second-order valence-corrected chi connectivity index (χ2v) is 7.98. The molecule has 2 N–H and O–H groups in total. The Morgan fingerprint density at radius 3 is 2.38 bits per heavy atom. The number of halogens is 4. The van der Waals surface area contributed by atoms with Crippen molar-refractivity contribution in [2.24, 2.45) is 0 Å². The lowest BCUT2D eigenvalue weighted by atomic mass is 10.2. The number of nitrogens with one attached hydrogen (secondary N) is 2. The fourth-order valence-corrected chi connectivity index (χ4v) is 2.53. The van der Waals surface area contributed by atoms with E-state index in [0.29, 0.717) is 5.69 Å². The van der Waals surface area contributed by atoms with Gasteiger partial charge in [0.05, 0.1) is 10.6 Å². The van der Waals surface area contributed by atoms with Crippen LogP contribution < -0.4 is 15.4 Å². The van der Waals surface area contributed by atoms with Crippen molar-refractivity contribution in [3.05, 3.63) is 59.1 Å². The second-order valence-electron chi connectivity index (χ2n) is 5.20. The van der Waals surface area contributed by atoms with E-state index in [4.69, 9.17) is 51.1 Å². The number of hydrogen-bond acceptors (Lipinski definition) is 3. The van der Waals surface area contributed by atoms with Crippen LogP contribution in [-0.4, -0.2) is 21.8 Å². The first-order chi connectivity index (χ1) is 12.2. The number of amides is 2. The molecule has 0 saturated carbocycles. The number of carbonyl (C=O) groups is 2. The summed E-state index contributed by atoms with van der Waals surface area (Å²) in [5.41, 5.74) is 0.708. The Kier molecular flexibility index (Phi) is 7.01. The molecule has 138 valence electrons. The Bertz CT molecular complexity index is 809. The summed E-state index contributed by atoms with van der Waals surface area (Å²) >= 11 is 23.8. The first kappa shape index (κ1) is 20.6. The monoisotopic (exact) mass is 434 g/mol. The van der Waals surface area contributed by atoms with Crippen molar-refractivity contribution in [2.45, 2.75) is 16.9 Å². The van der Waals surface area contributed by atoms with Crippen molar-refractivity contribution in [3.63, 3.8) is 0 Å². The molecule has 0 aliphatic carbocycles. The molecule has 0 aliphatic heterocycles. The van der Waals surface area contributed by atoms with Crippen LogP contribution in [0.4, 0.5) is 5.69 Å². The highest BCUT2D eigenvalue weighted by Crippen LogP contribution is 2.33. The summed E-state index contributed by atoms with van der Waals surface area (Å²) in [6, 6.07) is 12.9. The van der Waals surface area contributed by atoms with Gasteiger partial charge in [0.1, 0.15) is 5.75 Å². The second kappa shape index (κ2) is 8.82. The molecule has 0 saturated heterocycles. The van der Waals surface area contributed by atoms with Crippen LogP contribution in [0.15, 0.2) is 48.5 Å². The molecular formula is C17H14Cl4N2O3. The zero-order chi connectivity index (χ0) is 19.3. The van der Waals surface area contributed by atoms with E-state index in [-0.39, 0.29) is 22.2 Å². The summed E-state index contributed by atoms with van der Waals surface area (Å²) in [6.45, 7) is 1.38. The SMILES string of the molecule is CC(=O)Nc1cccc(OC(NC(=O)c2ccccc2Cl)C(Cl)(Cl)Cl)c1. The molecule has 2 amide bonds. The van der Waals surface area contributed by atoms with Crippen molar-refractivity contribution in [2.75, 3.05) is 5.32 Å². The van der Waals surface area contributed by atoms with Gasteiger partial charge in [0.25, 0.3) is 5.91 Å². The van der Waals surface area contributed by atoms with Gasteiger partial charge in [-0.05, 0) is 24.3 Å². The third-order valence-corrected chi connectivity index (χ3v) is 4.01. The zero-order valence-electron chi connectivity index (χ0n) is 13.4. The van der Waals surface area contributed by atoms with Crippen LogP contribution >= 0.6 is 46.4 Å². The van der Waals surface area contributed by atoms with Crippen molar-refractivity contribution in [3.8, 4) is 5.75 Å². The van der Waals surface area contributed by atoms with Crippen LogP contribution in [0.3, 0.4) is 0 Å². The smallest absolute Gasteiger partial charge is 0.255 e. The highest BCUT2D eigenvalue weighted by atomic mass is 35.6. The minimum atomic E-state index is -1.96. The lowest BCUT2D eigenvalue weighted by Crippen LogP contribution is -2.47. The average Bonchev–Trinajstić information content (AvgIpc) is 2.53. The Morgan fingerprint density at radius 2 is 1.77 bits per heavy atom. The molecule has 0 aromatic heterocycles. The van der Waals surface area contributed by atoms with E-state index >= 15 is 0 Å². The first-order valence-electron chi connectivity index (χ1n) is 7.33. The van der Waals surface area contributed by atoms with Gasteiger partial charge in [-0.25, -0.2) is 0 Å². The van der Waals surface area contributed by atoms with Gasteiger partial charge >= 0.3 is 0 Å². The summed E-state index contributed by atoms with van der Waals surface area (Å²) in [5, 5.41) is 5.35. The molecule has 2 rings (SSSR count). The van der Waals surface area contributed by atoms with Crippen molar-refractivity contribution >= 4 is 63.9 Å². The van der Waals surface area contributed by atoms with Crippen LogP contribution in [-0.2, 0) is 4.79 Å². The predicted octanol–water partition coefficient (Wildman–Crippen LogP) is 4.80. The van der Waals surface area contributed by atoms with E-state index in [1.54, 1.807) is 36.4 Å². The van der Waals surface area contributed by atoms with Crippen LogP contribution in [0.1, 0.15) is 17.3 Å². The molecule has 2 aromatic carbocycles. The maximum atomic E-state index is 12.4. The number of benzene rings is 2. The minimum Gasteiger partial charge on any atom is -0.466 e. The largest absolute Gasteiger partial charge is 0.466 e. The van der Waals surface area contributed by atoms with Gasteiger partial charge in [-0.15, -0.1) is 0 Å². The van der Waals surface area contributed by atoms with Gasteiger partial charge < -0.3 is 15.4 Å². The zero-order valence-corrected chi connectivity index (χ0v) is 16.5. The minimum absolute atomic E-state index is 0.212. The Labute approximate surface area is 170 Å². The third-order valence-electron chi connectivity index (χ3n) is 3.09. The number of carbonyl (C=O) groups excluding carboxylic acids is 2. The lowest BCUT2D eigenvalue weighted by Gasteiger charge is -2.26. The maximum absolute atomic E-state index is 12.4. The van der Waals surface area contributed by atoms with Crippen molar-refractivity contribution in [1.29, 1.82) is 0 Å². The molecule has 26 heavy (non-hydrogen) atoms. The molecule has 0 heterocycles.